The van der Waals surface area contributed by atoms with Crippen LogP contribution >= 0.6 is 0 Å². The first-order valence-electron chi connectivity index (χ1n) is 11.0. The molecule has 0 N–H and O–H groups in total. The molecule has 1 aromatic carbocycles. The van der Waals surface area contributed by atoms with Crippen molar-refractivity contribution in [3.8, 4) is 0 Å². The highest BCUT2D eigenvalue weighted by Gasteiger charge is 2.38. The molecule has 0 heterocycles. The monoisotopic (exact) mass is 378 g/mol. The van der Waals surface area contributed by atoms with E-state index in [1.165, 1.54) is 69.8 Å². The molecule has 0 amide bonds. The Morgan fingerprint density at radius 1 is 0.926 bits per heavy atom. The molecule has 2 rings (SSSR count). The van der Waals surface area contributed by atoms with Gasteiger partial charge >= 0.3 is 5.92 Å². The summed E-state index contributed by atoms with van der Waals surface area (Å²) in [7, 11) is 0. The van der Waals surface area contributed by atoms with E-state index in [2.05, 4.69) is 6.92 Å². The molecule has 152 valence electrons. The number of unbranched alkanes of at least 4 members (excludes halogenated alkanes) is 4. The fourth-order valence-corrected chi connectivity index (χ4v) is 4.37. The van der Waals surface area contributed by atoms with Gasteiger partial charge in [0.05, 0.1) is 0 Å². The van der Waals surface area contributed by atoms with Crippen molar-refractivity contribution < 1.29 is 13.6 Å². The number of benzene rings is 1. The van der Waals surface area contributed by atoms with Gasteiger partial charge in [0.25, 0.3) is 0 Å². The molecule has 1 nitrogen and oxygen atoms in total. The van der Waals surface area contributed by atoms with Gasteiger partial charge in [-0.25, -0.2) is 0 Å². The van der Waals surface area contributed by atoms with Crippen LogP contribution in [0.2, 0.25) is 0 Å². The Bertz CT molecular complexity index is 556. The SMILES string of the molecule is CCCCCCCC1CCC(c2ccc(C(=O)C(F)(F)CCC)cc2)CC1. The molecule has 1 fully saturated rings. The Balaban J connectivity index is 1.80. The molecule has 1 aliphatic rings. The Labute approximate surface area is 163 Å². The number of rotatable bonds is 11. The number of halogens is 2. The summed E-state index contributed by atoms with van der Waals surface area (Å²) in [5, 5.41) is 0. The van der Waals surface area contributed by atoms with Crippen LogP contribution in [0.4, 0.5) is 8.78 Å². The van der Waals surface area contributed by atoms with Crippen LogP contribution in [0.3, 0.4) is 0 Å². The zero-order valence-electron chi connectivity index (χ0n) is 17.1. The van der Waals surface area contributed by atoms with E-state index in [-0.39, 0.29) is 12.0 Å². The summed E-state index contributed by atoms with van der Waals surface area (Å²) in [6.07, 6.45) is 12.9. The van der Waals surface area contributed by atoms with Crippen molar-refractivity contribution >= 4 is 5.78 Å². The van der Waals surface area contributed by atoms with Crippen LogP contribution in [-0.4, -0.2) is 11.7 Å². The summed E-state index contributed by atoms with van der Waals surface area (Å²) in [4.78, 5) is 12.0. The first-order chi connectivity index (χ1) is 13.0. The fraction of sp³-hybridized carbons (Fsp3) is 0.708. The second kappa shape index (κ2) is 10.9. The molecule has 0 saturated heterocycles. The summed E-state index contributed by atoms with van der Waals surface area (Å²) in [6.45, 7) is 3.92. The van der Waals surface area contributed by atoms with E-state index >= 15 is 0 Å². The van der Waals surface area contributed by atoms with Gasteiger partial charge in [0, 0.05) is 12.0 Å². The highest BCUT2D eigenvalue weighted by molar-refractivity contribution is 6.01. The number of hydrogen-bond acceptors (Lipinski definition) is 1. The molecule has 0 aliphatic heterocycles. The van der Waals surface area contributed by atoms with Gasteiger partial charge in [0.2, 0.25) is 5.78 Å². The Hall–Kier alpha value is -1.25. The lowest BCUT2D eigenvalue weighted by Gasteiger charge is -2.29. The van der Waals surface area contributed by atoms with Crippen LogP contribution in [0.1, 0.15) is 113 Å². The second-order valence-electron chi connectivity index (χ2n) is 8.33. The van der Waals surface area contributed by atoms with Gasteiger partial charge in [-0.15, -0.1) is 0 Å². The second-order valence-corrected chi connectivity index (χ2v) is 8.33. The van der Waals surface area contributed by atoms with Gasteiger partial charge < -0.3 is 0 Å². The molecule has 1 aromatic rings. The molecule has 3 heteroatoms. The van der Waals surface area contributed by atoms with E-state index in [0.29, 0.717) is 12.3 Å². The molecule has 0 radical (unpaired) electrons. The smallest absolute Gasteiger partial charge is 0.287 e. The minimum absolute atomic E-state index is 0.137. The topological polar surface area (TPSA) is 17.1 Å². The van der Waals surface area contributed by atoms with Crippen LogP contribution in [0.25, 0.3) is 0 Å². The molecule has 0 spiro atoms. The first kappa shape index (κ1) is 22.0. The minimum Gasteiger partial charge on any atom is -0.287 e. The number of carbonyl (C=O) groups is 1. The fourth-order valence-electron chi connectivity index (χ4n) is 4.37. The predicted molar refractivity (Wildman–Crippen MR) is 109 cm³/mol. The third-order valence-corrected chi connectivity index (χ3v) is 6.10. The van der Waals surface area contributed by atoms with E-state index < -0.39 is 11.7 Å². The Morgan fingerprint density at radius 3 is 2.15 bits per heavy atom. The Morgan fingerprint density at radius 2 is 1.56 bits per heavy atom. The maximum absolute atomic E-state index is 13.8. The average molecular weight is 379 g/mol. The number of carbonyl (C=O) groups excluding carboxylic acids is 1. The van der Waals surface area contributed by atoms with Crippen molar-refractivity contribution in [1.82, 2.24) is 0 Å². The van der Waals surface area contributed by atoms with E-state index in [1.807, 2.05) is 12.1 Å². The maximum atomic E-state index is 13.8. The summed E-state index contributed by atoms with van der Waals surface area (Å²) < 4.78 is 27.6. The third-order valence-electron chi connectivity index (χ3n) is 6.10. The summed E-state index contributed by atoms with van der Waals surface area (Å²) in [5.74, 6) is -2.91. The van der Waals surface area contributed by atoms with Crippen LogP contribution in [0.15, 0.2) is 24.3 Å². The van der Waals surface area contributed by atoms with Crippen molar-refractivity contribution in [2.24, 2.45) is 5.92 Å². The third kappa shape index (κ3) is 6.69. The molecule has 0 bridgehead atoms. The van der Waals surface area contributed by atoms with Crippen molar-refractivity contribution in [1.29, 1.82) is 0 Å². The lowest BCUT2D eigenvalue weighted by molar-refractivity contribution is 0.00453. The predicted octanol–water partition coefficient (Wildman–Crippen LogP) is 7.94. The molecule has 0 atom stereocenters. The molecular weight excluding hydrogens is 342 g/mol. The van der Waals surface area contributed by atoms with E-state index in [0.717, 1.165) is 5.92 Å². The molecular formula is C24H36F2O. The van der Waals surface area contributed by atoms with E-state index in [4.69, 9.17) is 0 Å². The number of Topliss-reactive ketones (excluding diaryl/α,β-unsaturated/α-hetero) is 1. The summed E-state index contributed by atoms with van der Waals surface area (Å²) >= 11 is 0. The van der Waals surface area contributed by atoms with Gasteiger partial charge in [-0.1, -0.05) is 76.6 Å². The standard InChI is InChI=1S/C24H36F2O/c1-3-5-6-7-8-9-19-10-12-20(13-11-19)21-14-16-22(17-15-21)23(27)24(25,26)18-4-2/h14-17,19-20H,3-13,18H2,1-2H3. The zero-order valence-corrected chi connectivity index (χ0v) is 17.1. The van der Waals surface area contributed by atoms with E-state index in [1.54, 1.807) is 19.1 Å². The van der Waals surface area contributed by atoms with Gasteiger partial charge in [-0.05, 0) is 49.5 Å². The minimum atomic E-state index is -3.24. The highest BCUT2D eigenvalue weighted by atomic mass is 19.3. The molecule has 1 saturated carbocycles. The van der Waals surface area contributed by atoms with Gasteiger partial charge in [-0.2, -0.15) is 8.78 Å². The highest BCUT2D eigenvalue weighted by Crippen LogP contribution is 2.38. The number of ketones is 1. The average Bonchev–Trinajstić information content (AvgIpc) is 2.68. The lowest BCUT2D eigenvalue weighted by Crippen LogP contribution is -2.28. The van der Waals surface area contributed by atoms with Crippen LogP contribution in [0, 0.1) is 5.92 Å². The van der Waals surface area contributed by atoms with Gasteiger partial charge in [0.15, 0.2) is 0 Å². The zero-order chi connectivity index (χ0) is 19.7. The van der Waals surface area contributed by atoms with Crippen molar-refractivity contribution in [2.45, 2.75) is 103 Å². The van der Waals surface area contributed by atoms with Crippen LogP contribution in [0.5, 0.6) is 0 Å². The van der Waals surface area contributed by atoms with Gasteiger partial charge in [-0.3, -0.25) is 4.79 Å². The normalized spacial score (nSPS) is 20.6. The molecule has 27 heavy (non-hydrogen) atoms. The van der Waals surface area contributed by atoms with Crippen molar-refractivity contribution in [2.75, 3.05) is 0 Å². The van der Waals surface area contributed by atoms with Gasteiger partial charge in [0.1, 0.15) is 0 Å². The number of alkyl halides is 2. The largest absolute Gasteiger partial charge is 0.309 e. The summed E-state index contributed by atoms with van der Waals surface area (Å²) in [5.41, 5.74) is 1.34. The van der Waals surface area contributed by atoms with E-state index in [9.17, 15) is 13.6 Å². The lowest BCUT2D eigenvalue weighted by atomic mass is 9.77. The molecule has 1 aliphatic carbocycles. The summed E-state index contributed by atoms with van der Waals surface area (Å²) in [6, 6.07) is 6.98. The quantitative estimate of drug-likeness (QED) is 0.282. The molecule has 0 aromatic heterocycles. The van der Waals surface area contributed by atoms with Crippen molar-refractivity contribution in [3.63, 3.8) is 0 Å². The van der Waals surface area contributed by atoms with Crippen molar-refractivity contribution in [3.05, 3.63) is 35.4 Å². The van der Waals surface area contributed by atoms with Crippen LogP contribution in [-0.2, 0) is 0 Å². The Kier molecular flexibility index (Phi) is 8.92. The van der Waals surface area contributed by atoms with Crippen LogP contribution < -0.4 is 0 Å². The first-order valence-corrected chi connectivity index (χ1v) is 11.0. The maximum Gasteiger partial charge on any atom is 0.309 e. The molecule has 0 unspecified atom stereocenters. The number of hydrogen-bond donors (Lipinski definition) is 0.